The van der Waals surface area contributed by atoms with Crippen molar-refractivity contribution >= 4 is 46.6 Å². The van der Waals surface area contributed by atoms with Gasteiger partial charge < -0.3 is 54.7 Å². The van der Waals surface area contributed by atoms with Crippen LogP contribution in [0.5, 0.6) is 11.5 Å². The summed E-state index contributed by atoms with van der Waals surface area (Å²) in [5, 5.41) is 49.1. The first-order valence-corrected chi connectivity index (χ1v) is 18.5. The molecular weight excluding hydrogens is 774 g/mol. The van der Waals surface area contributed by atoms with E-state index in [4.69, 9.17) is 24.0 Å². The lowest BCUT2D eigenvalue weighted by Crippen LogP contribution is -2.65. The number of anilines is 2. The summed E-state index contributed by atoms with van der Waals surface area (Å²) >= 11 is 0. The van der Waals surface area contributed by atoms with Crippen molar-refractivity contribution in [3.63, 3.8) is 0 Å². The van der Waals surface area contributed by atoms with E-state index in [-0.39, 0.29) is 47.7 Å². The molecular formula is C40H45N5O14. The van der Waals surface area contributed by atoms with Gasteiger partial charge in [-0.3, -0.25) is 29.0 Å². The van der Waals surface area contributed by atoms with Gasteiger partial charge in [0.25, 0.3) is 5.91 Å². The zero-order valence-corrected chi connectivity index (χ0v) is 33.2. The van der Waals surface area contributed by atoms with E-state index >= 15 is 0 Å². The van der Waals surface area contributed by atoms with E-state index in [1.54, 1.807) is 50.2 Å². The number of benzene rings is 2. The normalized spacial score (nSPS) is 21.1. The van der Waals surface area contributed by atoms with E-state index in [1.807, 2.05) is 0 Å². The Balaban J connectivity index is 1.28. The number of primary amides is 1. The minimum absolute atomic E-state index is 0.0247. The molecule has 2 unspecified atom stereocenters. The Bertz CT molecular complexity index is 2360. The molecule has 3 amide bonds. The average Bonchev–Trinajstić information content (AvgIpc) is 3.55. The maximum absolute atomic E-state index is 14.3. The van der Waals surface area contributed by atoms with Crippen LogP contribution in [0.25, 0.3) is 17.1 Å². The number of phenolic OH excluding ortho intramolecular Hbond substituents is 1. The molecule has 7 N–H and O–H groups in total. The lowest BCUT2D eigenvalue weighted by molar-refractivity contribution is -0.153. The van der Waals surface area contributed by atoms with Crippen LogP contribution in [-0.4, -0.2) is 120 Å². The van der Waals surface area contributed by atoms with E-state index in [0.717, 1.165) is 4.90 Å². The van der Waals surface area contributed by atoms with Crippen molar-refractivity contribution in [3.05, 3.63) is 74.7 Å². The maximum Gasteiger partial charge on any atom is 0.519 e. The van der Waals surface area contributed by atoms with Crippen molar-refractivity contribution in [2.45, 2.75) is 44.4 Å². The smallest absolute Gasteiger partial charge is 0.508 e. The third kappa shape index (κ3) is 7.26. The summed E-state index contributed by atoms with van der Waals surface area (Å²) in [7, 11) is 7.87. The molecule has 0 bridgehead atoms. The van der Waals surface area contributed by atoms with Gasteiger partial charge in [0, 0.05) is 43.4 Å². The van der Waals surface area contributed by atoms with Gasteiger partial charge in [-0.25, -0.2) is 9.59 Å². The summed E-state index contributed by atoms with van der Waals surface area (Å²) in [5.74, 6) is -9.34. The zero-order chi connectivity index (χ0) is 43.2. The van der Waals surface area contributed by atoms with Crippen molar-refractivity contribution in [1.29, 1.82) is 0 Å². The van der Waals surface area contributed by atoms with Gasteiger partial charge in [0.05, 0.1) is 24.4 Å². The Kier molecular flexibility index (Phi) is 11.4. The van der Waals surface area contributed by atoms with Crippen molar-refractivity contribution < 1.29 is 62.7 Å². The summed E-state index contributed by atoms with van der Waals surface area (Å²) in [4.78, 5) is 83.0. The number of nitrogens with one attached hydrogen (secondary N) is 1. The van der Waals surface area contributed by atoms with E-state index in [0.29, 0.717) is 29.0 Å². The highest BCUT2D eigenvalue weighted by Crippen LogP contribution is 2.54. The van der Waals surface area contributed by atoms with Gasteiger partial charge >= 0.3 is 11.9 Å². The Morgan fingerprint density at radius 1 is 1.03 bits per heavy atom. The van der Waals surface area contributed by atoms with E-state index < -0.39 is 94.8 Å². The number of carbonyl (C=O) groups excluding carboxylic acids is 5. The number of aliphatic hydroxyl groups is 3. The monoisotopic (exact) mass is 819 g/mol. The Hall–Kier alpha value is -6.60. The van der Waals surface area contributed by atoms with Crippen molar-refractivity contribution in [2.75, 3.05) is 58.6 Å². The molecule has 59 heavy (non-hydrogen) atoms. The minimum Gasteiger partial charge on any atom is -0.508 e. The number of nitrogens with zero attached hydrogens (tertiary/aromatic N) is 3. The molecule has 1 aromatic heterocycles. The molecule has 0 saturated heterocycles. The maximum atomic E-state index is 14.3. The molecule has 19 heteroatoms. The third-order valence-electron chi connectivity index (χ3n) is 10.9. The number of phenols is 1. The number of hydrogen-bond donors (Lipinski definition) is 6. The number of amides is 3. The molecule has 3 aliphatic carbocycles. The molecule has 2 aromatic carbocycles. The van der Waals surface area contributed by atoms with Gasteiger partial charge in [-0.1, -0.05) is 6.92 Å². The number of nitrogens with two attached hydrogens (primary N) is 1. The standard InChI is InChI=1S/C40H45N5O14/c1-7-12-45(38(53)57-17-25-34(59-39(54)58-25)18-8-10-20(56-6)11-9-18)16-26(46)42-23-15-24(43(2)3)21-13-19-14-22-30(44(4)5)33(49)29(37(41)52)36(51)40(22,55)35(50)27(19)32(48)28(21)31(23)47/h8-11,15,19,22,30,47-48,51,55H,7,12-14,16-17H2,1-6H3,(H2,41,52)(H,42,46)/t19?,22?,30-,40-/m0/s1. The van der Waals surface area contributed by atoms with Crippen LogP contribution in [0, 0.1) is 11.8 Å². The third-order valence-corrected chi connectivity index (χ3v) is 10.9. The summed E-state index contributed by atoms with van der Waals surface area (Å²) in [5.41, 5.74) is 2.12. The quantitative estimate of drug-likeness (QED) is 0.113. The first-order chi connectivity index (χ1) is 27.8. The van der Waals surface area contributed by atoms with Crippen molar-refractivity contribution in [1.82, 2.24) is 9.80 Å². The molecule has 3 aromatic rings. The number of Topliss-reactive ketones (excluding diaryl/α,β-unsaturated/α-hetero) is 2. The van der Waals surface area contributed by atoms with E-state index in [2.05, 4.69) is 5.32 Å². The number of fused-ring (bicyclic) bond motifs is 3. The fraction of sp³-hybridized carbons (Fsp3) is 0.400. The lowest BCUT2D eigenvalue weighted by Gasteiger charge is -2.50. The Morgan fingerprint density at radius 2 is 1.71 bits per heavy atom. The van der Waals surface area contributed by atoms with Crippen LogP contribution in [-0.2, 0) is 36.9 Å². The van der Waals surface area contributed by atoms with Crippen molar-refractivity contribution in [2.24, 2.45) is 17.6 Å². The topological polar surface area (TPSA) is 276 Å². The highest BCUT2D eigenvalue weighted by atomic mass is 16.6. The van der Waals surface area contributed by atoms with Crippen LogP contribution in [0.4, 0.5) is 16.2 Å². The second-order valence-electron chi connectivity index (χ2n) is 15.0. The van der Waals surface area contributed by atoms with Gasteiger partial charge in [-0.15, -0.1) is 0 Å². The molecule has 6 rings (SSSR count). The number of likely N-dealkylation sites (N-methyl/N-ethyl adjacent to an activating group) is 1. The molecule has 0 radical (unpaired) electrons. The van der Waals surface area contributed by atoms with Gasteiger partial charge in [-0.2, -0.15) is 0 Å². The molecule has 1 fully saturated rings. The zero-order valence-electron chi connectivity index (χ0n) is 33.2. The fourth-order valence-corrected chi connectivity index (χ4v) is 8.24. The van der Waals surface area contributed by atoms with E-state index in [9.17, 15) is 49.2 Å². The second-order valence-corrected chi connectivity index (χ2v) is 15.0. The van der Waals surface area contributed by atoms with Crippen LogP contribution in [0.3, 0.4) is 0 Å². The number of aromatic hydroxyl groups is 1. The first kappa shape index (κ1) is 42.0. The molecule has 3 aliphatic rings. The van der Waals surface area contributed by atoms with Gasteiger partial charge in [-0.05, 0) is 75.2 Å². The fourth-order valence-electron chi connectivity index (χ4n) is 8.24. The van der Waals surface area contributed by atoms with Crippen LogP contribution >= 0.6 is 0 Å². The summed E-state index contributed by atoms with van der Waals surface area (Å²) in [6.07, 6.45) is -0.602. The molecule has 314 valence electrons. The summed E-state index contributed by atoms with van der Waals surface area (Å²) < 4.78 is 20.8. The van der Waals surface area contributed by atoms with E-state index in [1.165, 1.54) is 32.2 Å². The predicted octanol–water partition coefficient (Wildman–Crippen LogP) is 2.24. The number of hydrogen-bond acceptors (Lipinski definition) is 16. The Morgan fingerprint density at radius 3 is 2.31 bits per heavy atom. The average molecular weight is 820 g/mol. The number of ketones is 2. The summed E-state index contributed by atoms with van der Waals surface area (Å²) in [6.45, 7) is 0.741. The SMILES string of the molecule is CCCN(CC(=O)Nc1cc(N(C)C)c2c(c1O)C(O)=C1C(=O)[C@]3(O)C(O)=C(C(N)=O)C(=O)[C@@H](N(C)C)C3CC1C2)C(=O)OCc1oc(=O)oc1-c1ccc(OC)cc1. The molecule has 1 saturated carbocycles. The van der Waals surface area contributed by atoms with Crippen LogP contribution in [0.2, 0.25) is 0 Å². The number of ether oxygens (including phenoxy) is 2. The van der Waals surface area contributed by atoms with Crippen molar-refractivity contribution in [3.8, 4) is 22.8 Å². The summed E-state index contributed by atoms with van der Waals surface area (Å²) in [6, 6.07) is 6.73. The largest absolute Gasteiger partial charge is 0.519 e. The predicted molar refractivity (Wildman–Crippen MR) is 208 cm³/mol. The number of rotatable bonds is 12. The molecule has 19 nitrogen and oxygen atoms in total. The highest BCUT2D eigenvalue weighted by molar-refractivity contribution is 6.24. The number of carbonyl (C=O) groups is 5. The lowest BCUT2D eigenvalue weighted by atomic mass is 9.57. The highest BCUT2D eigenvalue weighted by Gasteiger charge is 2.64. The van der Waals surface area contributed by atoms with Gasteiger partial charge in [0.2, 0.25) is 11.7 Å². The second kappa shape index (κ2) is 16.0. The first-order valence-electron chi connectivity index (χ1n) is 18.5. The van der Waals surface area contributed by atoms with Gasteiger partial charge in [0.15, 0.2) is 29.5 Å². The number of methoxy groups -OCH3 is 1. The molecule has 0 aliphatic heterocycles. The van der Waals surface area contributed by atoms with Crippen LogP contribution in [0.1, 0.15) is 36.7 Å². The van der Waals surface area contributed by atoms with Gasteiger partial charge in [0.1, 0.15) is 35.1 Å². The molecule has 4 atom stereocenters. The van der Waals surface area contributed by atoms with Crippen LogP contribution in [0.15, 0.2) is 60.9 Å². The number of aliphatic hydroxyl groups excluding tert-OH is 2. The molecule has 1 heterocycles. The van der Waals surface area contributed by atoms with Crippen LogP contribution < -0.4 is 26.5 Å². The Labute approximate surface area is 336 Å². The minimum atomic E-state index is -2.83. The molecule has 0 spiro atoms.